The van der Waals surface area contributed by atoms with Gasteiger partial charge in [-0.2, -0.15) is 0 Å². The first-order valence-electron chi connectivity index (χ1n) is 6.56. The molecule has 2 aromatic carbocycles. The fourth-order valence-electron chi connectivity index (χ4n) is 1.76. The predicted octanol–water partition coefficient (Wildman–Crippen LogP) is 3.03. The third-order valence-electron chi connectivity index (χ3n) is 2.95. The summed E-state index contributed by atoms with van der Waals surface area (Å²) in [5.74, 6) is 0.773. The maximum Gasteiger partial charge on any atom is 0.239 e. The number of ether oxygens (including phenoxy) is 1. The number of hydrogen-bond acceptors (Lipinski definition) is 3. The van der Waals surface area contributed by atoms with E-state index >= 15 is 0 Å². The largest absolute Gasteiger partial charge is 0.497 e. The maximum atomic E-state index is 11.8. The average molecular weight is 396 g/mol. The number of carbonyl (C=O) groups is 1. The molecule has 5 heteroatoms. The SMILES string of the molecule is COc1ccc(CNC(=O)CNc2ccc(I)cc2)cc1. The van der Waals surface area contributed by atoms with Gasteiger partial charge in [0.25, 0.3) is 0 Å². The first-order valence-corrected chi connectivity index (χ1v) is 7.64. The monoisotopic (exact) mass is 396 g/mol. The number of anilines is 1. The summed E-state index contributed by atoms with van der Waals surface area (Å²) in [5, 5.41) is 5.97. The van der Waals surface area contributed by atoms with Crippen molar-refractivity contribution in [3.05, 3.63) is 57.7 Å². The summed E-state index contributed by atoms with van der Waals surface area (Å²) < 4.78 is 6.26. The summed E-state index contributed by atoms with van der Waals surface area (Å²) >= 11 is 2.25. The Bertz CT molecular complexity index is 582. The number of benzene rings is 2. The second-order valence-corrected chi connectivity index (χ2v) is 5.73. The van der Waals surface area contributed by atoms with Crippen LogP contribution in [-0.2, 0) is 11.3 Å². The zero-order valence-electron chi connectivity index (χ0n) is 11.7. The van der Waals surface area contributed by atoms with Crippen molar-refractivity contribution >= 4 is 34.2 Å². The Kier molecular flexibility index (Phi) is 5.86. The van der Waals surface area contributed by atoms with Gasteiger partial charge in [-0.25, -0.2) is 0 Å². The summed E-state index contributed by atoms with van der Waals surface area (Å²) in [6, 6.07) is 15.5. The highest BCUT2D eigenvalue weighted by Crippen LogP contribution is 2.11. The normalized spacial score (nSPS) is 10.0. The molecule has 0 unspecified atom stereocenters. The average Bonchev–Trinajstić information content (AvgIpc) is 2.53. The first kappa shape index (κ1) is 15.6. The second kappa shape index (κ2) is 7.87. The molecule has 110 valence electrons. The molecule has 0 aliphatic heterocycles. The summed E-state index contributed by atoms with van der Waals surface area (Å²) in [4.78, 5) is 11.8. The van der Waals surface area contributed by atoms with Crippen LogP contribution >= 0.6 is 22.6 Å². The molecule has 2 N–H and O–H groups in total. The quantitative estimate of drug-likeness (QED) is 0.739. The van der Waals surface area contributed by atoms with E-state index in [2.05, 4.69) is 33.2 Å². The zero-order valence-corrected chi connectivity index (χ0v) is 13.9. The molecule has 0 aromatic heterocycles. The molecule has 4 nitrogen and oxygen atoms in total. The Morgan fingerprint density at radius 1 is 1.10 bits per heavy atom. The van der Waals surface area contributed by atoms with Crippen LogP contribution in [0.15, 0.2) is 48.5 Å². The van der Waals surface area contributed by atoms with Crippen LogP contribution in [0.4, 0.5) is 5.69 Å². The summed E-state index contributed by atoms with van der Waals surface area (Å²) in [6.45, 7) is 0.772. The molecule has 0 radical (unpaired) electrons. The standard InChI is InChI=1S/C16H17IN2O2/c1-21-15-8-2-12(3-9-15)10-19-16(20)11-18-14-6-4-13(17)5-7-14/h2-9,18H,10-11H2,1H3,(H,19,20). The van der Waals surface area contributed by atoms with Gasteiger partial charge < -0.3 is 15.4 Å². The molecule has 2 rings (SSSR count). The lowest BCUT2D eigenvalue weighted by Gasteiger charge is -2.08. The number of nitrogens with one attached hydrogen (secondary N) is 2. The number of halogens is 1. The lowest BCUT2D eigenvalue weighted by molar-refractivity contribution is -0.119. The predicted molar refractivity (Wildman–Crippen MR) is 92.5 cm³/mol. The van der Waals surface area contributed by atoms with Gasteiger partial charge in [-0.1, -0.05) is 12.1 Å². The molecule has 2 aromatic rings. The molecule has 0 aliphatic carbocycles. The van der Waals surface area contributed by atoms with Crippen molar-refractivity contribution in [1.29, 1.82) is 0 Å². The van der Waals surface area contributed by atoms with Crippen LogP contribution in [0.3, 0.4) is 0 Å². The van der Waals surface area contributed by atoms with Crippen LogP contribution in [0.1, 0.15) is 5.56 Å². The summed E-state index contributed by atoms with van der Waals surface area (Å²) in [6.07, 6.45) is 0. The fourth-order valence-corrected chi connectivity index (χ4v) is 2.12. The highest BCUT2D eigenvalue weighted by Gasteiger charge is 2.01. The van der Waals surface area contributed by atoms with Crippen molar-refractivity contribution in [3.63, 3.8) is 0 Å². The molecule has 1 amide bonds. The van der Waals surface area contributed by atoms with Gasteiger partial charge in [0.05, 0.1) is 13.7 Å². The van der Waals surface area contributed by atoms with E-state index < -0.39 is 0 Å². The molecule has 0 bridgehead atoms. The van der Waals surface area contributed by atoms with Gasteiger partial charge in [0, 0.05) is 15.8 Å². The van der Waals surface area contributed by atoms with Gasteiger partial charge in [-0.15, -0.1) is 0 Å². The van der Waals surface area contributed by atoms with E-state index in [1.54, 1.807) is 7.11 Å². The number of rotatable bonds is 6. The van der Waals surface area contributed by atoms with Crippen LogP contribution in [0.5, 0.6) is 5.75 Å². The van der Waals surface area contributed by atoms with Crippen molar-refractivity contribution < 1.29 is 9.53 Å². The maximum absolute atomic E-state index is 11.8. The molecule has 0 heterocycles. The summed E-state index contributed by atoms with van der Waals surface area (Å²) in [5.41, 5.74) is 1.98. The third kappa shape index (κ3) is 5.26. The Hall–Kier alpha value is -1.76. The van der Waals surface area contributed by atoms with E-state index in [4.69, 9.17) is 4.74 Å². The van der Waals surface area contributed by atoms with Gasteiger partial charge in [-0.3, -0.25) is 4.79 Å². The fraction of sp³-hybridized carbons (Fsp3) is 0.188. The molecular weight excluding hydrogens is 379 g/mol. The smallest absolute Gasteiger partial charge is 0.239 e. The third-order valence-corrected chi connectivity index (χ3v) is 3.67. The number of methoxy groups -OCH3 is 1. The molecular formula is C16H17IN2O2. The van der Waals surface area contributed by atoms with E-state index in [0.717, 1.165) is 17.0 Å². The van der Waals surface area contributed by atoms with Crippen LogP contribution in [0.2, 0.25) is 0 Å². The van der Waals surface area contributed by atoms with Gasteiger partial charge in [-0.05, 0) is 64.6 Å². The van der Waals surface area contributed by atoms with Crippen molar-refractivity contribution in [1.82, 2.24) is 5.32 Å². The molecule has 0 saturated heterocycles. The number of amides is 1. The molecule has 0 fully saturated rings. The van der Waals surface area contributed by atoms with Crippen molar-refractivity contribution in [3.8, 4) is 5.75 Å². The first-order chi connectivity index (χ1) is 10.2. The molecule has 0 saturated carbocycles. The minimum atomic E-state index is -0.0376. The molecule has 0 aliphatic rings. The lowest BCUT2D eigenvalue weighted by atomic mass is 10.2. The molecule has 0 atom stereocenters. The Morgan fingerprint density at radius 2 is 1.76 bits per heavy atom. The topological polar surface area (TPSA) is 50.4 Å². The van der Waals surface area contributed by atoms with Crippen LogP contribution in [0, 0.1) is 3.57 Å². The second-order valence-electron chi connectivity index (χ2n) is 4.49. The zero-order chi connectivity index (χ0) is 15.1. The van der Waals surface area contributed by atoms with Gasteiger partial charge >= 0.3 is 0 Å². The number of hydrogen-bond donors (Lipinski definition) is 2. The van der Waals surface area contributed by atoms with Crippen molar-refractivity contribution in [2.45, 2.75) is 6.54 Å². The Morgan fingerprint density at radius 3 is 2.38 bits per heavy atom. The Balaban J connectivity index is 1.75. The van der Waals surface area contributed by atoms with Gasteiger partial charge in [0.2, 0.25) is 5.91 Å². The van der Waals surface area contributed by atoms with E-state index in [1.165, 1.54) is 3.57 Å². The minimum Gasteiger partial charge on any atom is -0.497 e. The Labute approximate surface area is 138 Å². The molecule has 21 heavy (non-hydrogen) atoms. The van der Waals surface area contributed by atoms with E-state index in [-0.39, 0.29) is 12.5 Å². The van der Waals surface area contributed by atoms with Crippen LogP contribution in [-0.4, -0.2) is 19.6 Å². The van der Waals surface area contributed by atoms with Crippen molar-refractivity contribution in [2.75, 3.05) is 19.0 Å². The van der Waals surface area contributed by atoms with E-state index in [9.17, 15) is 4.79 Å². The van der Waals surface area contributed by atoms with Crippen LogP contribution < -0.4 is 15.4 Å². The minimum absolute atomic E-state index is 0.0376. The van der Waals surface area contributed by atoms with Crippen molar-refractivity contribution in [2.24, 2.45) is 0 Å². The van der Waals surface area contributed by atoms with E-state index in [0.29, 0.717) is 6.54 Å². The highest BCUT2D eigenvalue weighted by atomic mass is 127. The van der Waals surface area contributed by atoms with Crippen LogP contribution in [0.25, 0.3) is 0 Å². The summed E-state index contributed by atoms with van der Waals surface area (Å²) in [7, 11) is 1.63. The van der Waals surface area contributed by atoms with E-state index in [1.807, 2.05) is 48.5 Å². The molecule has 0 spiro atoms. The van der Waals surface area contributed by atoms with Gasteiger partial charge in [0.15, 0.2) is 0 Å². The highest BCUT2D eigenvalue weighted by molar-refractivity contribution is 14.1. The lowest BCUT2D eigenvalue weighted by Crippen LogP contribution is -2.29. The van der Waals surface area contributed by atoms with Gasteiger partial charge in [0.1, 0.15) is 5.75 Å². The number of carbonyl (C=O) groups excluding carboxylic acids is 1.